The fraction of sp³-hybridized carbons (Fsp3) is 0.300. The molecule has 0 saturated heterocycles. The van der Waals surface area contributed by atoms with Crippen LogP contribution in [0.1, 0.15) is 25.8 Å². The molecule has 0 aliphatic heterocycles. The van der Waals surface area contributed by atoms with Gasteiger partial charge >= 0.3 is 0 Å². The Bertz CT molecular complexity index is 748. The van der Waals surface area contributed by atoms with Crippen molar-refractivity contribution in [1.29, 1.82) is 0 Å². The number of hydrogen-bond donors (Lipinski definition) is 1. The van der Waals surface area contributed by atoms with Crippen molar-refractivity contribution < 1.29 is 0 Å². The van der Waals surface area contributed by atoms with Crippen LogP contribution in [-0.2, 0) is 6.54 Å². The van der Waals surface area contributed by atoms with Gasteiger partial charge in [-0.25, -0.2) is 4.68 Å². The molecule has 24 heavy (non-hydrogen) atoms. The molecule has 4 nitrogen and oxygen atoms in total. The van der Waals surface area contributed by atoms with Gasteiger partial charge in [0.1, 0.15) is 0 Å². The van der Waals surface area contributed by atoms with Crippen LogP contribution < -0.4 is 5.32 Å². The standard InChI is InChI=1S/C20H24N4/c1-16(2)10-12-22-14-18-15-24(19-8-4-3-5-9-19)23-20(18)17-7-6-11-21-13-17/h3-9,11,13,15-16,22H,10,12,14H2,1-2H3. The van der Waals surface area contributed by atoms with Gasteiger partial charge in [0.15, 0.2) is 0 Å². The lowest BCUT2D eigenvalue weighted by molar-refractivity contribution is 0.538. The van der Waals surface area contributed by atoms with Crippen molar-refractivity contribution in [2.45, 2.75) is 26.8 Å². The highest BCUT2D eigenvalue weighted by atomic mass is 15.3. The monoisotopic (exact) mass is 320 g/mol. The summed E-state index contributed by atoms with van der Waals surface area (Å²) in [5.41, 5.74) is 4.29. The fourth-order valence-corrected chi connectivity index (χ4v) is 2.61. The van der Waals surface area contributed by atoms with Crippen LogP contribution in [0.2, 0.25) is 0 Å². The van der Waals surface area contributed by atoms with Crippen molar-refractivity contribution in [2.75, 3.05) is 6.54 Å². The number of para-hydroxylation sites is 1. The first-order chi connectivity index (χ1) is 11.7. The van der Waals surface area contributed by atoms with Crippen molar-refractivity contribution in [1.82, 2.24) is 20.1 Å². The lowest BCUT2D eigenvalue weighted by atomic mass is 10.1. The summed E-state index contributed by atoms with van der Waals surface area (Å²) in [5.74, 6) is 0.710. The van der Waals surface area contributed by atoms with Crippen LogP contribution in [0.15, 0.2) is 61.1 Å². The second-order valence-corrected chi connectivity index (χ2v) is 6.38. The molecule has 124 valence electrons. The van der Waals surface area contributed by atoms with Crippen LogP contribution in [0, 0.1) is 5.92 Å². The van der Waals surface area contributed by atoms with Gasteiger partial charge in [0.2, 0.25) is 0 Å². The van der Waals surface area contributed by atoms with Gasteiger partial charge in [0.05, 0.1) is 11.4 Å². The molecule has 2 aromatic heterocycles. The van der Waals surface area contributed by atoms with Gasteiger partial charge in [0, 0.05) is 36.3 Å². The summed E-state index contributed by atoms with van der Waals surface area (Å²) in [6, 6.07) is 14.2. The fourth-order valence-electron chi connectivity index (χ4n) is 2.61. The van der Waals surface area contributed by atoms with Crippen LogP contribution in [0.3, 0.4) is 0 Å². The lowest BCUT2D eigenvalue weighted by Gasteiger charge is -2.07. The molecule has 0 aliphatic carbocycles. The maximum Gasteiger partial charge on any atom is 0.0988 e. The minimum Gasteiger partial charge on any atom is -0.313 e. The van der Waals surface area contributed by atoms with Crippen LogP contribution in [0.4, 0.5) is 0 Å². The number of benzene rings is 1. The van der Waals surface area contributed by atoms with E-state index in [0.717, 1.165) is 30.0 Å². The average Bonchev–Trinajstić information content (AvgIpc) is 3.04. The molecule has 0 saturated carbocycles. The summed E-state index contributed by atoms with van der Waals surface area (Å²) in [4.78, 5) is 4.23. The molecule has 0 unspecified atom stereocenters. The van der Waals surface area contributed by atoms with E-state index in [1.54, 1.807) is 6.20 Å². The van der Waals surface area contributed by atoms with Gasteiger partial charge in [-0.1, -0.05) is 32.0 Å². The largest absolute Gasteiger partial charge is 0.313 e. The Kier molecular flexibility index (Phi) is 5.39. The van der Waals surface area contributed by atoms with E-state index in [0.29, 0.717) is 5.92 Å². The third-order valence-electron chi connectivity index (χ3n) is 3.96. The molecule has 1 aromatic carbocycles. The predicted molar refractivity (Wildman–Crippen MR) is 98.0 cm³/mol. The summed E-state index contributed by atoms with van der Waals surface area (Å²) in [5, 5.41) is 8.34. The zero-order valence-corrected chi connectivity index (χ0v) is 14.3. The summed E-state index contributed by atoms with van der Waals surface area (Å²) in [6.07, 6.45) is 6.95. The van der Waals surface area contributed by atoms with E-state index in [1.807, 2.05) is 35.1 Å². The van der Waals surface area contributed by atoms with Crippen LogP contribution in [0.25, 0.3) is 16.9 Å². The lowest BCUT2D eigenvalue weighted by Crippen LogP contribution is -2.16. The second-order valence-electron chi connectivity index (χ2n) is 6.38. The molecule has 0 radical (unpaired) electrons. The molecule has 3 rings (SSSR count). The Morgan fingerprint density at radius 2 is 1.92 bits per heavy atom. The first-order valence-electron chi connectivity index (χ1n) is 8.49. The van der Waals surface area contributed by atoms with Crippen molar-refractivity contribution in [3.8, 4) is 16.9 Å². The third kappa shape index (κ3) is 4.09. The van der Waals surface area contributed by atoms with Crippen LogP contribution in [0.5, 0.6) is 0 Å². The molecule has 4 heteroatoms. The SMILES string of the molecule is CC(C)CCNCc1cn(-c2ccccc2)nc1-c1cccnc1. The van der Waals surface area contributed by atoms with E-state index in [2.05, 4.69) is 48.5 Å². The number of nitrogens with zero attached hydrogens (tertiary/aromatic N) is 3. The molecule has 0 spiro atoms. The zero-order chi connectivity index (χ0) is 16.8. The van der Waals surface area contributed by atoms with E-state index in [1.165, 1.54) is 12.0 Å². The minimum absolute atomic E-state index is 0.710. The van der Waals surface area contributed by atoms with Gasteiger partial charge in [-0.15, -0.1) is 0 Å². The topological polar surface area (TPSA) is 42.7 Å². The Morgan fingerprint density at radius 1 is 1.08 bits per heavy atom. The summed E-state index contributed by atoms with van der Waals surface area (Å²) >= 11 is 0. The molecule has 0 amide bonds. The maximum absolute atomic E-state index is 4.80. The van der Waals surface area contributed by atoms with Crippen molar-refractivity contribution in [3.63, 3.8) is 0 Å². The smallest absolute Gasteiger partial charge is 0.0988 e. The molecular formula is C20H24N4. The first kappa shape index (κ1) is 16.4. The molecule has 1 N–H and O–H groups in total. The highest BCUT2D eigenvalue weighted by molar-refractivity contribution is 5.62. The summed E-state index contributed by atoms with van der Waals surface area (Å²) < 4.78 is 1.95. The first-order valence-corrected chi connectivity index (χ1v) is 8.49. The summed E-state index contributed by atoms with van der Waals surface area (Å²) in [7, 11) is 0. The van der Waals surface area contributed by atoms with E-state index in [-0.39, 0.29) is 0 Å². The second kappa shape index (κ2) is 7.88. The van der Waals surface area contributed by atoms with Crippen molar-refractivity contribution >= 4 is 0 Å². The Labute approximate surface area is 143 Å². The van der Waals surface area contributed by atoms with E-state index in [9.17, 15) is 0 Å². The third-order valence-corrected chi connectivity index (χ3v) is 3.96. The molecule has 0 bridgehead atoms. The van der Waals surface area contributed by atoms with Crippen LogP contribution in [-0.4, -0.2) is 21.3 Å². The van der Waals surface area contributed by atoms with Crippen molar-refractivity contribution in [2.24, 2.45) is 5.92 Å². The van der Waals surface area contributed by atoms with E-state index < -0.39 is 0 Å². The number of aromatic nitrogens is 3. The number of rotatable bonds is 7. The highest BCUT2D eigenvalue weighted by Gasteiger charge is 2.12. The van der Waals surface area contributed by atoms with Gasteiger partial charge in [-0.3, -0.25) is 4.98 Å². The Balaban J connectivity index is 1.86. The average molecular weight is 320 g/mol. The minimum atomic E-state index is 0.710. The summed E-state index contributed by atoms with van der Waals surface area (Å²) in [6.45, 7) is 6.32. The quantitative estimate of drug-likeness (QED) is 0.667. The van der Waals surface area contributed by atoms with Crippen LogP contribution >= 0.6 is 0 Å². The highest BCUT2D eigenvalue weighted by Crippen LogP contribution is 2.23. The van der Waals surface area contributed by atoms with Gasteiger partial charge in [-0.2, -0.15) is 5.10 Å². The van der Waals surface area contributed by atoms with Gasteiger partial charge < -0.3 is 5.32 Å². The zero-order valence-electron chi connectivity index (χ0n) is 14.3. The number of hydrogen-bond acceptors (Lipinski definition) is 3. The molecule has 3 aromatic rings. The van der Waals surface area contributed by atoms with Gasteiger partial charge in [-0.05, 0) is 43.1 Å². The van der Waals surface area contributed by atoms with Crippen molar-refractivity contribution in [3.05, 3.63) is 66.6 Å². The Hall–Kier alpha value is -2.46. The normalized spacial score (nSPS) is 11.1. The van der Waals surface area contributed by atoms with E-state index >= 15 is 0 Å². The van der Waals surface area contributed by atoms with Gasteiger partial charge in [0.25, 0.3) is 0 Å². The molecule has 0 fully saturated rings. The predicted octanol–water partition coefficient (Wildman–Crippen LogP) is 4.07. The number of pyridine rings is 1. The number of nitrogens with one attached hydrogen (secondary N) is 1. The van der Waals surface area contributed by atoms with E-state index in [4.69, 9.17) is 5.10 Å². The molecular weight excluding hydrogens is 296 g/mol. The molecule has 0 atom stereocenters. The maximum atomic E-state index is 4.80. The molecule has 2 heterocycles. The molecule has 0 aliphatic rings. The Morgan fingerprint density at radius 3 is 2.62 bits per heavy atom.